The quantitative estimate of drug-likeness (QED) is 0.723. The largest absolute Gasteiger partial charge is 0.375 e. The lowest BCUT2D eigenvalue weighted by Gasteiger charge is -2.41. The van der Waals surface area contributed by atoms with E-state index in [0.717, 1.165) is 12.8 Å². The van der Waals surface area contributed by atoms with Gasteiger partial charge in [-0.05, 0) is 24.2 Å². The second kappa shape index (κ2) is 7.39. The van der Waals surface area contributed by atoms with Crippen molar-refractivity contribution in [2.45, 2.75) is 26.7 Å². The highest BCUT2D eigenvalue weighted by Crippen LogP contribution is 2.34. The topological polar surface area (TPSA) is 92.8 Å². The molecule has 7 nitrogen and oxygen atoms in total. The van der Waals surface area contributed by atoms with E-state index in [1.165, 1.54) is 7.11 Å². The van der Waals surface area contributed by atoms with E-state index in [9.17, 15) is 18.0 Å². The number of nitrogens with zero attached hydrogens (tertiary/aromatic N) is 1. The van der Waals surface area contributed by atoms with Crippen LogP contribution in [0.3, 0.4) is 0 Å². The average molecular weight is 360 g/mol. The van der Waals surface area contributed by atoms with Crippen molar-refractivity contribution >= 4 is 21.7 Å². The first-order valence-corrected chi connectivity index (χ1v) is 10.2. The zero-order valence-electron chi connectivity index (χ0n) is 14.7. The van der Waals surface area contributed by atoms with Crippen LogP contribution in [0.4, 0.5) is 0 Å². The van der Waals surface area contributed by atoms with Crippen molar-refractivity contribution in [3.63, 3.8) is 0 Å². The van der Waals surface area contributed by atoms with E-state index in [1.807, 2.05) is 4.90 Å². The summed E-state index contributed by atoms with van der Waals surface area (Å²) in [6, 6.07) is 0. The zero-order valence-corrected chi connectivity index (χ0v) is 15.5. The first-order chi connectivity index (χ1) is 11.1. The lowest BCUT2D eigenvalue weighted by atomic mass is 9.73. The van der Waals surface area contributed by atoms with Gasteiger partial charge in [-0.25, -0.2) is 8.42 Å². The van der Waals surface area contributed by atoms with Crippen LogP contribution in [0.1, 0.15) is 26.7 Å². The average Bonchev–Trinajstić information content (AvgIpc) is 2.50. The molecule has 0 unspecified atom stereocenters. The van der Waals surface area contributed by atoms with Crippen LogP contribution in [-0.4, -0.2) is 70.0 Å². The van der Waals surface area contributed by atoms with Gasteiger partial charge in [0, 0.05) is 26.7 Å². The monoisotopic (exact) mass is 360 g/mol. The minimum Gasteiger partial charge on any atom is -0.375 e. The van der Waals surface area contributed by atoms with Crippen molar-refractivity contribution < 1.29 is 22.7 Å². The molecule has 0 aromatic heterocycles. The number of carbonyl (C=O) groups excluding carboxylic acids is 2. The third-order valence-electron chi connectivity index (χ3n) is 5.22. The molecule has 0 atom stereocenters. The second-order valence-corrected chi connectivity index (χ2v) is 9.72. The van der Waals surface area contributed by atoms with Crippen molar-refractivity contribution in [1.29, 1.82) is 0 Å². The smallest absolute Gasteiger partial charge is 0.248 e. The Morgan fingerprint density at radius 1 is 1.21 bits per heavy atom. The van der Waals surface area contributed by atoms with Gasteiger partial charge in [0.05, 0.1) is 17.4 Å². The molecule has 0 bridgehead atoms. The van der Waals surface area contributed by atoms with Crippen LogP contribution in [0, 0.1) is 17.3 Å². The normalized spacial score (nSPS) is 22.0. The van der Waals surface area contributed by atoms with Gasteiger partial charge in [-0.15, -0.1) is 0 Å². The van der Waals surface area contributed by atoms with Gasteiger partial charge in [-0.3, -0.25) is 9.59 Å². The van der Waals surface area contributed by atoms with Crippen molar-refractivity contribution in [3.05, 3.63) is 0 Å². The molecule has 2 rings (SSSR count). The Morgan fingerprint density at radius 3 is 2.29 bits per heavy atom. The summed E-state index contributed by atoms with van der Waals surface area (Å²) in [4.78, 5) is 25.7. The molecular weight excluding hydrogens is 332 g/mol. The molecule has 1 N–H and O–H groups in total. The number of sulfone groups is 1. The molecule has 2 amide bonds. The molecule has 2 heterocycles. The van der Waals surface area contributed by atoms with Crippen LogP contribution in [0.2, 0.25) is 0 Å². The van der Waals surface area contributed by atoms with Gasteiger partial charge in [-0.2, -0.15) is 0 Å². The highest BCUT2D eigenvalue weighted by Gasteiger charge is 2.40. The van der Waals surface area contributed by atoms with Gasteiger partial charge in [0.15, 0.2) is 9.84 Å². The molecule has 8 heteroatoms. The van der Waals surface area contributed by atoms with E-state index in [4.69, 9.17) is 4.74 Å². The predicted molar refractivity (Wildman–Crippen MR) is 90.1 cm³/mol. The van der Waals surface area contributed by atoms with Crippen molar-refractivity contribution in [2.75, 3.05) is 44.9 Å². The van der Waals surface area contributed by atoms with E-state index in [1.54, 1.807) is 0 Å². The number of piperidine rings is 1. The van der Waals surface area contributed by atoms with Gasteiger partial charge in [0.25, 0.3) is 0 Å². The molecule has 2 aliphatic heterocycles. The number of nitrogens with one attached hydrogen (secondary N) is 1. The molecular formula is C16H28N2O5S. The summed E-state index contributed by atoms with van der Waals surface area (Å²) < 4.78 is 27.2. The number of ether oxygens (including phenoxy) is 1. The summed E-state index contributed by atoms with van der Waals surface area (Å²) in [5.41, 5.74) is -0.0886. The first-order valence-electron chi connectivity index (χ1n) is 8.39. The predicted octanol–water partition coefficient (Wildman–Crippen LogP) is 0.0584. The SMILES string of the molecule is COCC(=O)N1CCC(C(C)(C)CNC(=O)C2CS(=O)(=O)C2)CC1. The summed E-state index contributed by atoms with van der Waals surface area (Å²) in [5.74, 6) is -0.175. The molecule has 24 heavy (non-hydrogen) atoms. The van der Waals surface area contributed by atoms with Gasteiger partial charge >= 0.3 is 0 Å². The highest BCUT2D eigenvalue weighted by molar-refractivity contribution is 7.92. The Hall–Kier alpha value is -1.15. The Labute approximate surface area is 144 Å². The van der Waals surface area contributed by atoms with Crippen LogP contribution >= 0.6 is 0 Å². The number of methoxy groups -OCH3 is 1. The maximum Gasteiger partial charge on any atom is 0.248 e. The lowest BCUT2D eigenvalue weighted by molar-refractivity contribution is -0.137. The molecule has 2 saturated heterocycles. The molecule has 0 aliphatic carbocycles. The molecule has 138 valence electrons. The Bertz CT molecular complexity index is 567. The molecule has 0 aromatic rings. The van der Waals surface area contributed by atoms with Gasteiger partial charge in [-0.1, -0.05) is 13.8 Å². The Kier molecular flexibility index (Phi) is 5.91. The molecule has 2 aliphatic rings. The fourth-order valence-electron chi connectivity index (χ4n) is 3.44. The van der Waals surface area contributed by atoms with Crippen LogP contribution in [0.15, 0.2) is 0 Å². The Balaban J connectivity index is 1.77. The van der Waals surface area contributed by atoms with Crippen molar-refractivity contribution in [1.82, 2.24) is 10.2 Å². The maximum atomic E-state index is 12.0. The van der Waals surface area contributed by atoms with Crippen LogP contribution in [0.25, 0.3) is 0 Å². The minimum atomic E-state index is -2.98. The van der Waals surface area contributed by atoms with E-state index >= 15 is 0 Å². The van der Waals surface area contributed by atoms with Crippen LogP contribution in [0.5, 0.6) is 0 Å². The second-order valence-electron chi connectivity index (χ2n) is 7.57. The highest BCUT2D eigenvalue weighted by atomic mass is 32.2. The standard InChI is InChI=1S/C16H28N2O5S/c1-16(2,11-17-15(20)12-9-24(21,22)10-12)13-4-6-18(7-5-13)14(19)8-23-3/h12-13H,4-11H2,1-3H3,(H,17,20). The molecule has 2 fully saturated rings. The number of amides is 2. The summed E-state index contributed by atoms with van der Waals surface area (Å²) in [6.07, 6.45) is 1.80. The molecule has 0 aromatic carbocycles. The van der Waals surface area contributed by atoms with E-state index in [-0.39, 0.29) is 41.3 Å². The molecule has 0 saturated carbocycles. The molecule has 0 spiro atoms. The fourth-order valence-corrected chi connectivity index (χ4v) is 4.88. The van der Waals surface area contributed by atoms with E-state index < -0.39 is 9.84 Å². The number of hydrogen-bond acceptors (Lipinski definition) is 5. The maximum absolute atomic E-state index is 12.0. The van der Waals surface area contributed by atoms with Crippen molar-refractivity contribution in [2.24, 2.45) is 17.3 Å². The zero-order chi connectivity index (χ0) is 18.0. The number of hydrogen-bond donors (Lipinski definition) is 1. The lowest BCUT2D eigenvalue weighted by Crippen LogP contribution is -2.50. The number of rotatable bonds is 6. The summed E-state index contributed by atoms with van der Waals surface area (Å²) in [5, 5.41) is 2.91. The summed E-state index contributed by atoms with van der Waals surface area (Å²) in [7, 11) is -1.46. The summed E-state index contributed by atoms with van der Waals surface area (Å²) in [6.45, 7) is 6.30. The number of likely N-dealkylation sites (tertiary alicyclic amines) is 1. The van der Waals surface area contributed by atoms with Crippen LogP contribution < -0.4 is 5.32 Å². The number of carbonyl (C=O) groups is 2. The molecule has 0 radical (unpaired) electrons. The third kappa shape index (κ3) is 4.69. The minimum absolute atomic E-state index is 0.0215. The van der Waals surface area contributed by atoms with Crippen molar-refractivity contribution in [3.8, 4) is 0 Å². The van der Waals surface area contributed by atoms with Gasteiger partial charge in [0.1, 0.15) is 6.61 Å². The van der Waals surface area contributed by atoms with Gasteiger partial charge in [0.2, 0.25) is 11.8 Å². The fraction of sp³-hybridized carbons (Fsp3) is 0.875. The van der Waals surface area contributed by atoms with Crippen LogP contribution in [-0.2, 0) is 24.2 Å². The third-order valence-corrected chi connectivity index (χ3v) is 7.04. The van der Waals surface area contributed by atoms with E-state index in [2.05, 4.69) is 19.2 Å². The first kappa shape index (κ1) is 19.2. The van der Waals surface area contributed by atoms with E-state index in [0.29, 0.717) is 25.6 Å². The Morgan fingerprint density at radius 2 is 1.79 bits per heavy atom. The van der Waals surface area contributed by atoms with Gasteiger partial charge < -0.3 is 15.0 Å². The summed E-state index contributed by atoms with van der Waals surface area (Å²) >= 11 is 0.